The highest BCUT2D eigenvalue weighted by molar-refractivity contribution is 5.66. The lowest BCUT2D eigenvalue weighted by Gasteiger charge is -2.09. The summed E-state index contributed by atoms with van der Waals surface area (Å²) in [6.45, 7) is 5.17. The zero-order chi connectivity index (χ0) is 11.3. The largest absolute Gasteiger partial charge is 0.481 e. The van der Waals surface area contributed by atoms with Gasteiger partial charge in [0.05, 0.1) is 0 Å². The van der Waals surface area contributed by atoms with Crippen LogP contribution in [-0.2, 0) is 17.8 Å². The lowest BCUT2D eigenvalue weighted by molar-refractivity contribution is -0.137. The number of rotatable bonds is 6. The number of nitrogens with zero attached hydrogens (tertiary/aromatic N) is 1. The van der Waals surface area contributed by atoms with Gasteiger partial charge in [-0.2, -0.15) is 0 Å². The van der Waals surface area contributed by atoms with Gasteiger partial charge in [0, 0.05) is 24.4 Å². The van der Waals surface area contributed by atoms with Crippen LogP contribution < -0.4 is 0 Å². The Balaban J connectivity index is 2.42. The molecular formula is C12H19NO2. The van der Waals surface area contributed by atoms with Crippen molar-refractivity contribution in [3.63, 3.8) is 0 Å². The third kappa shape index (κ3) is 3.42. The van der Waals surface area contributed by atoms with Gasteiger partial charge in [-0.1, -0.05) is 6.92 Å². The van der Waals surface area contributed by atoms with E-state index in [2.05, 4.69) is 30.5 Å². The SMILES string of the molecule is CCc1ccc(C)n1CCCCC(=O)O. The second-order valence-electron chi connectivity index (χ2n) is 3.82. The molecule has 1 N–H and O–H groups in total. The zero-order valence-corrected chi connectivity index (χ0v) is 9.49. The van der Waals surface area contributed by atoms with E-state index >= 15 is 0 Å². The van der Waals surface area contributed by atoms with Crippen molar-refractivity contribution in [2.24, 2.45) is 0 Å². The van der Waals surface area contributed by atoms with Crippen molar-refractivity contribution in [2.75, 3.05) is 0 Å². The van der Waals surface area contributed by atoms with Crippen molar-refractivity contribution in [1.29, 1.82) is 0 Å². The lowest BCUT2D eigenvalue weighted by atomic mass is 10.2. The van der Waals surface area contributed by atoms with Crippen LogP contribution in [0.4, 0.5) is 0 Å². The predicted octanol–water partition coefficient (Wildman–Crippen LogP) is 2.61. The van der Waals surface area contributed by atoms with E-state index in [1.807, 2.05) is 0 Å². The van der Waals surface area contributed by atoms with E-state index in [-0.39, 0.29) is 6.42 Å². The fourth-order valence-electron chi connectivity index (χ4n) is 1.80. The van der Waals surface area contributed by atoms with Crippen molar-refractivity contribution >= 4 is 5.97 Å². The molecular weight excluding hydrogens is 190 g/mol. The number of aryl methyl sites for hydroxylation is 2. The molecule has 0 aliphatic rings. The van der Waals surface area contributed by atoms with Gasteiger partial charge in [0.1, 0.15) is 0 Å². The highest BCUT2D eigenvalue weighted by atomic mass is 16.4. The maximum Gasteiger partial charge on any atom is 0.303 e. The molecule has 1 heterocycles. The minimum Gasteiger partial charge on any atom is -0.481 e. The van der Waals surface area contributed by atoms with Crippen LogP contribution in [0, 0.1) is 6.92 Å². The molecule has 1 rings (SSSR count). The molecule has 0 bridgehead atoms. The van der Waals surface area contributed by atoms with Gasteiger partial charge in [0.2, 0.25) is 0 Å². The molecule has 0 saturated carbocycles. The fourth-order valence-corrected chi connectivity index (χ4v) is 1.80. The monoisotopic (exact) mass is 209 g/mol. The fraction of sp³-hybridized carbons (Fsp3) is 0.583. The summed E-state index contributed by atoms with van der Waals surface area (Å²) in [6.07, 6.45) is 3.01. The Bertz CT molecular complexity index is 328. The molecule has 1 aromatic rings. The van der Waals surface area contributed by atoms with Gasteiger partial charge in [-0.25, -0.2) is 0 Å². The molecule has 0 saturated heterocycles. The van der Waals surface area contributed by atoms with Crippen molar-refractivity contribution < 1.29 is 9.90 Å². The minimum atomic E-state index is -0.699. The summed E-state index contributed by atoms with van der Waals surface area (Å²) in [6, 6.07) is 4.27. The molecule has 0 amide bonds. The van der Waals surface area contributed by atoms with Gasteiger partial charge in [-0.05, 0) is 38.3 Å². The first-order chi connectivity index (χ1) is 7.15. The van der Waals surface area contributed by atoms with Gasteiger partial charge >= 0.3 is 5.97 Å². The second-order valence-corrected chi connectivity index (χ2v) is 3.82. The van der Waals surface area contributed by atoms with Crippen molar-refractivity contribution in [1.82, 2.24) is 4.57 Å². The van der Waals surface area contributed by atoms with Crippen molar-refractivity contribution in [2.45, 2.75) is 46.1 Å². The molecule has 0 radical (unpaired) electrons. The highest BCUT2D eigenvalue weighted by Crippen LogP contribution is 2.11. The van der Waals surface area contributed by atoms with Crippen LogP contribution in [0.2, 0.25) is 0 Å². The smallest absolute Gasteiger partial charge is 0.303 e. The van der Waals surface area contributed by atoms with Crippen LogP contribution in [0.1, 0.15) is 37.6 Å². The highest BCUT2D eigenvalue weighted by Gasteiger charge is 2.03. The molecule has 0 unspecified atom stereocenters. The van der Waals surface area contributed by atoms with Gasteiger partial charge in [0.25, 0.3) is 0 Å². The van der Waals surface area contributed by atoms with Gasteiger partial charge in [-0.15, -0.1) is 0 Å². The molecule has 0 fully saturated rings. The number of unbranched alkanes of at least 4 members (excludes halogenated alkanes) is 1. The molecule has 0 aliphatic carbocycles. The Labute approximate surface area is 90.7 Å². The van der Waals surface area contributed by atoms with Crippen LogP contribution in [0.3, 0.4) is 0 Å². The number of aliphatic carboxylic acids is 1. The number of carboxylic acids is 1. The molecule has 3 heteroatoms. The zero-order valence-electron chi connectivity index (χ0n) is 9.49. The summed E-state index contributed by atoms with van der Waals surface area (Å²) >= 11 is 0. The summed E-state index contributed by atoms with van der Waals surface area (Å²) < 4.78 is 2.28. The van der Waals surface area contributed by atoms with E-state index in [0.29, 0.717) is 0 Å². The van der Waals surface area contributed by atoms with Crippen molar-refractivity contribution in [3.8, 4) is 0 Å². The Hall–Kier alpha value is -1.25. The third-order valence-corrected chi connectivity index (χ3v) is 2.67. The number of carbonyl (C=O) groups is 1. The molecule has 0 spiro atoms. The third-order valence-electron chi connectivity index (χ3n) is 2.67. The lowest BCUT2D eigenvalue weighted by Crippen LogP contribution is -2.05. The van der Waals surface area contributed by atoms with E-state index in [1.165, 1.54) is 11.4 Å². The molecule has 1 aromatic heterocycles. The van der Waals surface area contributed by atoms with Gasteiger partial charge < -0.3 is 9.67 Å². The first kappa shape index (κ1) is 11.8. The molecule has 0 atom stereocenters. The van der Waals surface area contributed by atoms with Gasteiger partial charge in [-0.3, -0.25) is 4.79 Å². The second kappa shape index (κ2) is 5.59. The number of aromatic nitrogens is 1. The summed E-state index contributed by atoms with van der Waals surface area (Å²) in [5.74, 6) is -0.699. The average molecular weight is 209 g/mol. The van der Waals surface area contributed by atoms with E-state index in [4.69, 9.17) is 5.11 Å². The summed E-state index contributed by atoms with van der Waals surface area (Å²) in [4.78, 5) is 10.3. The predicted molar refractivity (Wildman–Crippen MR) is 60.0 cm³/mol. The topological polar surface area (TPSA) is 42.2 Å². The molecule has 0 aromatic carbocycles. The minimum absolute atomic E-state index is 0.280. The summed E-state index contributed by atoms with van der Waals surface area (Å²) in [5.41, 5.74) is 2.60. The maximum atomic E-state index is 10.3. The van der Waals surface area contributed by atoms with Crippen LogP contribution in [0.25, 0.3) is 0 Å². The van der Waals surface area contributed by atoms with E-state index < -0.39 is 5.97 Å². The standard InChI is InChI=1S/C12H19NO2/c1-3-11-8-7-10(2)13(11)9-5-4-6-12(14)15/h7-8H,3-6,9H2,1-2H3,(H,14,15). The first-order valence-electron chi connectivity index (χ1n) is 5.52. The normalized spacial score (nSPS) is 10.5. The maximum absolute atomic E-state index is 10.3. The van der Waals surface area contributed by atoms with E-state index in [0.717, 1.165) is 25.8 Å². The van der Waals surface area contributed by atoms with Crippen LogP contribution >= 0.6 is 0 Å². The van der Waals surface area contributed by atoms with Crippen molar-refractivity contribution in [3.05, 3.63) is 23.5 Å². The number of hydrogen-bond donors (Lipinski definition) is 1. The Morgan fingerprint density at radius 2 is 2.13 bits per heavy atom. The molecule has 3 nitrogen and oxygen atoms in total. The van der Waals surface area contributed by atoms with Crippen LogP contribution in [0.15, 0.2) is 12.1 Å². The van der Waals surface area contributed by atoms with Gasteiger partial charge in [0.15, 0.2) is 0 Å². The Morgan fingerprint density at radius 3 is 2.73 bits per heavy atom. The molecule has 15 heavy (non-hydrogen) atoms. The summed E-state index contributed by atoms with van der Waals surface area (Å²) in [5, 5.41) is 8.52. The summed E-state index contributed by atoms with van der Waals surface area (Å²) in [7, 11) is 0. The number of carboxylic acid groups (broad SMARTS) is 1. The van der Waals surface area contributed by atoms with E-state index in [1.54, 1.807) is 0 Å². The Morgan fingerprint density at radius 1 is 1.40 bits per heavy atom. The average Bonchev–Trinajstić information content (AvgIpc) is 2.54. The van der Waals surface area contributed by atoms with Crippen LogP contribution in [-0.4, -0.2) is 15.6 Å². The first-order valence-corrected chi connectivity index (χ1v) is 5.52. The molecule has 84 valence electrons. The van der Waals surface area contributed by atoms with Crippen LogP contribution in [0.5, 0.6) is 0 Å². The Kier molecular flexibility index (Phi) is 4.40. The number of hydrogen-bond acceptors (Lipinski definition) is 1. The quantitative estimate of drug-likeness (QED) is 0.732. The molecule has 0 aliphatic heterocycles. The van der Waals surface area contributed by atoms with E-state index in [9.17, 15) is 4.79 Å².